The summed E-state index contributed by atoms with van der Waals surface area (Å²) in [7, 11) is 0. The largest absolute Gasteiger partial charge is 0.300 e. The number of halogens is 1. The number of benzene rings is 2. The molecule has 152 valence electrons. The van der Waals surface area contributed by atoms with Crippen LogP contribution in [0.4, 0.5) is 9.52 Å². The van der Waals surface area contributed by atoms with Crippen molar-refractivity contribution in [2.75, 3.05) is 5.32 Å². The summed E-state index contributed by atoms with van der Waals surface area (Å²) in [5.41, 5.74) is 1.71. The molecule has 0 saturated heterocycles. The molecule has 30 heavy (non-hydrogen) atoms. The van der Waals surface area contributed by atoms with Crippen LogP contribution in [0, 0.1) is 17.1 Å². The van der Waals surface area contributed by atoms with Gasteiger partial charge in [0.1, 0.15) is 5.82 Å². The zero-order valence-corrected chi connectivity index (χ0v) is 17.7. The summed E-state index contributed by atoms with van der Waals surface area (Å²) in [6.45, 7) is 0. The number of hydrogen-bond acceptors (Lipinski definition) is 6. The van der Waals surface area contributed by atoms with Gasteiger partial charge in [-0.25, -0.2) is 4.39 Å². The number of aromatic nitrogens is 2. The first-order valence-corrected chi connectivity index (χ1v) is 11.4. The van der Waals surface area contributed by atoms with Crippen LogP contribution in [0.3, 0.4) is 0 Å². The van der Waals surface area contributed by atoms with Crippen LogP contribution in [0.5, 0.6) is 0 Å². The zero-order chi connectivity index (χ0) is 21.0. The van der Waals surface area contributed by atoms with E-state index in [1.807, 2.05) is 18.2 Å². The van der Waals surface area contributed by atoms with Gasteiger partial charge < -0.3 is 0 Å². The topological polar surface area (TPSA) is 78.7 Å². The van der Waals surface area contributed by atoms with E-state index in [0.29, 0.717) is 29.3 Å². The highest BCUT2D eigenvalue weighted by molar-refractivity contribution is 8.00. The van der Waals surface area contributed by atoms with E-state index >= 15 is 0 Å². The molecule has 5 nitrogen and oxygen atoms in total. The Morgan fingerprint density at radius 3 is 2.67 bits per heavy atom. The van der Waals surface area contributed by atoms with Gasteiger partial charge in [0.05, 0.1) is 17.0 Å². The van der Waals surface area contributed by atoms with E-state index in [1.165, 1.54) is 35.2 Å². The van der Waals surface area contributed by atoms with Crippen molar-refractivity contribution in [1.29, 1.82) is 5.26 Å². The predicted molar refractivity (Wildman–Crippen MR) is 116 cm³/mol. The highest BCUT2D eigenvalue weighted by Crippen LogP contribution is 2.42. The molecule has 1 saturated carbocycles. The summed E-state index contributed by atoms with van der Waals surface area (Å²) in [6.07, 6.45) is 3.26. The molecule has 2 aromatic carbocycles. The second kappa shape index (κ2) is 8.94. The van der Waals surface area contributed by atoms with Crippen molar-refractivity contribution < 1.29 is 9.18 Å². The van der Waals surface area contributed by atoms with Gasteiger partial charge in [-0.1, -0.05) is 60.2 Å². The van der Waals surface area contributed by atoms with Gasteiger partial charge >= 0.3 is 0 Å². The molecular weight excluding hydrogens is 419 g/mol. The standard InChI is InChI=1S/C22H19FN4OS2/c23-18-5-3-4-17(12-18)22(10-1-2-11-22)19(28)25-20-26-27-21(30-20)29-14-16-8-6-15(13-24)7-9-16/h3-9,12H,1-2,10-11,14H2,(H,25,26,28). The maximum atomic E-state index is 13.8. The van der Waals surface area contributed by atoms with E-state index in [0.717, 1.165) is 28.3 Å². The molecule has 0 bridgehead atoms. The number of nitrogens with one attached hydrogen (secondary N) is 1. The van der Waals surface area contributed by atoms with Crippen molar-refractivity contribution in [3.63, 3.8) is 0 Å². The first-order valence-electron chi connectivity index (χ1n) is 9.62. The zero-order valence-electron chi connectivity index (χ0n) is 16.1. The third kappa shape index (κ3) is 4.37. The van der Waals surface area contributed by atoms with Crippen LogP contribution in [0.2, 0.25) is 0 Å². The van der Waals surface area contributed by atoms with Crippen molar-refractivity contribution in [3.8, 4) is 6.07 Å². The van der Waals surface area contributed by atoms with Crippen molar-refractivity contribution in [2.45, 2.75) is 41.2 Å². The maximum Gasteiger partial charge on any atom is 0.236 e. The first kappa shape index (κ1) is 20.5. The second-order valence-corrected chi connectivity index (χ2v) is 9.42. The Hall–Kier alpha value is -2.76. The molecule has 1 amide bonds. The van der Waals surface area contributed by atoms with Gasteiger partial charge in [-0.05, 0) is 48.2 Å². The van der Waals surface area contributed by atoms with Crippen molar-refractivity contribution in [1.82, 2.24) is 10.2 Å². The molecule has 1 aromatic heterocycles. The van der Waals surface area contributed by atoms with Gasteiger partial charge in [-0.3, -0.25) is 10.1 Å². The summed E-state index contributed by atoms with van der Waals surface area (Å²) < 4.78 is 14.5. The maximum absolute atomic E-state index is 13.8. The van der Waals surface area contributed by atoms with E-state index in [2.05, 4.69) is 21.6 Å². The summed E-state index contributed by atoms with van der Waals surface area (Å²) in [5, 5.41) is 20.5. The molecule has 0 unspecified atom stereocenters. The molecule has 1 fully saturated rings. The van der Waals surface area contributed by atoms with E-state index in [-0.39, 0.29) is 11.7 Å². The molecule has 8 heteroatoms. The van der Waals surface area contributed by atoms with Gasteiger partial charge in [0.25, 0.3) is 0 Å². The Morgan fingerprint density at radius 1 is 1.20 bits per heavy atom. The number of anilines is 1. The normalized spacial score (nSPS) is 14.9. The number of thioether (sulfide) groups is 1. The van der Waals surface area contributed by atoms with Crippen LogP contribution in [0.25, 0.3) is 0 Å². The average molecular weight is 439 g/mol. The third-order valence-electron chi connectivity index (χ3n) is 5.34. The van der Waals surface area contributed by atoms with Crippen LogP contribution < -0.4 is 5.32 Å². The molecule has 1 heterocycles. The number of hydrogen-bond donors (Lipinski definition) is 1. The number of nitriles is 1. The second-order valence-electron chi connectivity index (χ2n) is 7.22. The lowest BCUT2D eigenvalue weighted by Gasteiger charge is -2.27. The molecule has 1 N–H and O–H groups in total. The van der Waals surface area contributed by atoms with Gasteiger partial charge in [0.15, 0.2) is 4.34 Å². The van der Waals surface area contributed by atoms with E-state index in [4.69, 9.17) is 5.26 Å². The van der Waals surface area contributed by atoms with E-state index in [9.17, 15) is 9.18 Å². The Morgan fingerprint density at radius 2 is 1.97 bits per heavy atom. The average Bonchev–Trinajstić information content (AvgIpc) is 3.43. The van der Waals surface area contributed by atoms with Crippen LogP contribution >= 0.6 is 23.1 Å². The van der Waals surface area contributed by atoms with Gasteiger partial charge in [-0.15, -0.1) is 10.2 Å². The summed E-state index contributed by atoms with van der Waals surface area (Å²) in [6, 6.07) is 15.8. The SMILES string of the molecule is N#Cc1ccc(CSc2nnc(NC(=O)C3(c4cccc(F)c4)CCCC3)s2)cc1. The number of amides is 1. The smallest absolute Gasteiger partial charge is 0.236 e. The molecule has 1 aliphatic carbocycles. The summed E-state index contributed by atoms with van der Waals surface area (Å²) >= 11 is 2.85. The molecule has 1 aliphatic rings. The molecule has 0 radical (unpaired) electrons. The highest BCUT2D eigenvalue weighted by atomic mass is 32.2. The number of carbonyl (C=O) groups is 1. The van der Waals surface area contributed by atoms with Gasteiger partial charge in [0.2, 0.25) is 11.0 Å². The quantitative estimate of drug-likeness (QED) is 0.418. The number of carbonyl (C=O) groups excluding carboxylic acids is 1. The van der Waals surface area contributed by atoms with E-state index in [1.54, 1.807) is 18.2 Å². The highest BCUT2D eigenvalue weighted by Gasteiger charge is 2.43. The minimum atomic E-state index is -0.719. The Bertz CT molecular complexity index is 1090. The fraction of sp³-hybridized carbons (Fsp3) is 0.273. The van der Waals surface area contributed by atoms with Crippen LogP contribution in [-0.4, -0.2) is 16.1 Å². The molecule has 4 rings (SSSR count). The van der Waals surface area contributed by atoms with Gasteiger partial charge in [-0.2, -0.15) is 5.26 Å². The summed E-state index contributed by atoms with van der Waals surface area (Å²) in [5.74, 6) is 0.219. The van der Waals surface area contributed by atoms with Gasteiger partial charge in [0, 0.05) is 5.75 Å². The fourth-order valence-electron chi connectivity index (χ4n) is 3.77. The molecule has 3 aromatic rings. The third-order valence-corrected chi connectivity index (χ3v) is 7.38. The first-order chi connectivity index (χ1) is 14.6. The van der Waals surface area contributed by atoms with Crippen molar-refractivity contribution in [3.05, 3.63) is 71.0 Å². The Balaban J connectivity index is 1.43. The minimum absolute atomic E-state index is 0.148. The lowest BCUT2D eigenvalue weighted by molar-refractivity contribution is -0.121. The van der Waals surface area contributed by atoms with Crippen LogP contribution in [0.15, 0.2) is 52.9 Å². The van der Waals surface area contributed by atoms with Crippen molar-refractivity contribution in [2.24, 2.45) is 0 Å². The molecular formula is C22H19FN4OS2. The summed E-state index contributed by atoms with van der Waals surface area (Å²) in [4.78, 5) is 13.2. The van der Waals surface area contributed by atoms with E-state index < -0.39 is 5.41 Å². The van der Waals surface area contributed by atoms with Crippen LogP contribution in [-0.2, 0) is 16.0 Å². The minimum Gasteiger partial charge on any atom is -0.300 e. The Labute approximate surface area is 182 Å². The van der Waals surface area contributed by atoms with Crippen molar-refractivity contribution >= 4 is 34.1 Å². The molecule has 0 atom stereocenters. The number of rotatable bonds is 6. The monoisotopic (exact) mass is 438 g/mol. The fourth-order valence-corrected chi connectivity index (χ4v) is 5.47. The van der Waals surface area contributed by atoms with Crippen LogP contribution in [0.1, 0.15) is 42.4 Å². The lowest BCUT2D eigenvalue weighted by Crippen LogP contribution is -2.38. The lowest BCUT2D eigenvalue weighted by atomic mass is 9.78. The molecule has 0 aliphatic heterocycles. The Kier molecular flexibility index (Phi) is 6.11. The molecule has 0 spiro atoms. The predicted octanol–water partition coefficient (Wildman–Crippen LogP) is 5.29. The number of nitrogens with zero attached hydrogens (tertiary/aromatic N) is 3.